The smallest absolute Gasteiger partial charge is 0.215 e. The number of hydrogen-bond acceptors (Lipinski definition) is 3. The molecule has 2 aliphatic carbocycles. The maximum absolute atomic E-state index is 7.60. The van der Waals surface area contributed by atoms with E-state index < -0.39 is 0 Å². The molecule has 2 aromatic heterocycles. The van der Waals surface area contributed by atoms with Gasteiger partial charge in [-0.1, -0.05) is 167 Å². The van der Waals surface area contributed by atoms with Gasteiger partial charge in [0.1, 0.15) is 0 Å². The van der Waals surface area contributed by atoms with Gasteiger partial charge in [0.15, 0.2) is 0 Å². The third-order valence-corrected chi connectivity index (χ3v) is 14.8. The number of aromatic nitrogens is 1. The van der Waals surface area contributed by atoms with Gasteiger partial charge >= 0.3 is 0 Å². The lowest BCUT2D eigenvalue weighted by Crippen LogP contribution is -2.17. The molecule has 4 heteroatoms. The number of hydrogen-bond donors (Lipinski definition) is 0. The Morgan fingerprint density at radius 1 is 0.353 bits per heavy atom. The van der Waals surface area contributed by atoms with Crippen LogP contribution in [-0.2, 0) is 10.8 Å². The zero-order valence-corrected chi connectivity index (χ0v) is 38.6. The minimum Gasteiger partial charge on any atom is -0.423 e. The Balaban J connectivity index is 1.07. The predicted octanol–water partition coefficient (Wildman–Crippen LogP) is 17.6. The zero-order valence-electron chi connectivity index (χ0n) is 38.6. The first-order valence-corrected chi connectivity index (χ1v) is 23.7. The molecule has 0 aliphatic heterocycles. The quantitative estimate of drug-likeness (QED) is 0.152. The Labute approximate surface area is 397 Å². The van der Waals surface area contributed by atoms with Crippen LogP contribution in [0.5, 0.6) is 0 Å². The van der Waals surface area contributed by atoms with E-state index in [9.17, 15) is 0 Å². The number of nitrogens with zero attached hydrogens (tertiary/aromatic N) is 3. The molecular weight excluding hydrogens is 827 g/mol. The molecule has 68 heavy (non-hydrogen) atoms. The van der Waals surface area contributed by atoms with Gasteiger partial charge in [0.25, 0.3) is 0 Å². The van der Waals surface area contributed by atoms with Crippen molar-refractivity contribution in [1.29, 1.82) is 0 Å². The van der Waals surface area contributed by atoms with Crippen LogP contribution in [-0.4, -0.2) is 4.57 Å². The highest BCUT2D eigenvalue weighted by molar-refractivity contribution is 6.11. The van der Waals surface area contributed by atoms with Gasteiger partial charge < -0.3 is 8.98 Å². The standard InChI is InChI=1S/C64H49N3O/c1-63(2)55-29-17-14-26-48(55)50-35-33-46(39-57(50)63)65(43-20-8-5-9-21-43)61-41-53(42-32-37-60-54(38-42)52-28-16-19-31-59(52)67(60)45-24-12-7-13-25-45)62(68-61)66(44-22-10-6-11-23-44)47-34-36-51-49-27-15-18-30-56(49)64(3,4)58(51)40-47/h5-41H,1-4H3. The fraction of sp³-hybridized carbons (Fsp3) is 0.0938. The van der Waals surface area contributed by atoms with Crippen molar-refractivity contribution in [2.24, 2.45) is 0 Å². The monoisotopic (exact) mass is 875 g/mol. The highest BCUT2D eigenvalue weighted by atomic mass is 16.4. The summed E-state index contributed by atoms with van der Waals surface area (Å²) in [5.74, 6) is 1.46. The van der Waals surface area contributed by atoms with Crippen molar-refractivity contribution < 1.29 is 4.42 Å². The van der Waals surface area contributed by atoms with E-state index in [-0.39, 0.29) is 10.8 Å². The SMILES string of the molecule is CC1(C)c2ccccc2-c2ccc(N(c3ccccc3)c3cc(-c4ccc5c(c4)c4ccccc4n5-c4ccccc4)c(N(c4ccccc4)c4ccc5c(c4)C(C)(C)c4ccccc4-5)o3)cc21. The first kappa shape index (κ1) is 40.0. The zero-order chi connectivity index (χ0) is 45.7. The van der Waals surface area contributed by atoms with Crippen LogP contribution in [0, 0.1) is 0 Å². The highest BCUT2D eigenvalue weighted by Gasteiger charge is 2.38. The van der Waals surface area contributed by atoms with Gasteiger partial charge in [-0.05, 0) is 129 Å². The second-order valence-electron chi connectivity index (χ2n) is 19.4. The average molecular weight is 876 g/mol. The van der Waals surface area contributed by atoms with Gasteiger partial charge in [-0.2, -0.15) is 0 Å². The van der Waals surface area contributed by atoms with E-state index in [2.05, 4.69) is 267 Å². The normalized spacial score (nSPS) is 13.8. The van der Waals surface area contributed by atoms with Crippen LogP contribution in [0.1, 0.15) is 49.9 Å². The molecular formula is C64H49N3O. The molecule has 13 rings (SSSR count). The third kappa shape index (κ3) is 6.00. The minimum atomic E-state index is -0.190. The molecule has 11 aromatic rings. The molecule has 0 atom stereocenters. The maximum Gasteiger partial charge on any atom is 0.215 e. The molecule has 0 saturated carbocycles. The van der Waals surface area contributed by atoms with Crippen LogP contribution in [0.4, 0.5) is 34.5 Å². The molecule has 2 aliphatic rings. The Morgan fingerprint density at radius 3 is 1.46 bits per heavy atom. The molecule has 0 spiro atoms. The summed E-state index contributed by atoms with van der Waals surface area (Å²) in [4.78, 5) is 4.61. The second kappa shape index (κ2) is 15.1. The van der Waals surface area contributed by atoms with Crippen molar-refractivity contribution in [3.63, 3.8) is 0 Å². The van der Waals surface area contributed by atoms with E-state index >= 15 is 0 Å². The van der Waals surface area contributed by atoms with E-state index in [1.54, 1.807) is 0 Å². The number of fused-ring (bicyclic) bond motifs is 9. The summed E-state index contributed by atoms with van der Waals surface area (Å²) in [6.07, 6.45) is 0. The second-order valence-corrected chi connectivity index (χ2v) is 19.4. The molecule has 0 N–H and O–H groups in total. The molecule has 0 amide bonds. The summed E-state index contributed by atoms with van der Waals surface area (Å²) in [7, 11) is 0. The lowest BCUT2D eigenvalue weighted by Gasteiger charge is -2.28. The van der Waals surface area contributed by atoms with E-state index in [4.69, 9.17) is 4.42 Å². The van der Waals surface area contributed by atoms with Crippen LogP contribution in [0.2, 0.25) is 0 Å². The topological polar surface area (TPSA) is 24.6 Å². The lowest BCUT2D eigenvalue weighted by molar-refractivity contribution is 0.580. The number of furan rings is 1. The third-order valence-electron chi connectivity index (χ3n) is 14.8. The molecule has 2 heterocycles. The van der Waals surface area contributed by atoms with Gasteiger partial charge in [-0.15, -0.1) is 0 Å². The highest BCUT2D eigenvalue weighted by Crippen LogP contribution is 2.55. The van der Waals surface area contributed by atoms with E-state index in [1.165, 1.54) is 60.8 Å². The van der Waals surface area contributed by atoms with Gasteiger partial charge in [0.2, 0.25) is 11.8 Å². The Bertz CT molecular complexity index is 3750. The summed E-state index contributed by atoms with van der Waals surface area (Å²) in [6, 6.07) is 81.5. The number of anilines is 6. The maximum atomic E-state index is 7.60. The lowest BCUT2D eigenvalue weighted by atomic mass is 9.82. The van der Waals surface area contributed by atoms with Crippen molar-refractivity contribution in [3.8, 4) is 39.1 Å². The molecule has 4 nitrogen and oxygen atoms in total. The molecule has 0 fully saturated rings. The van der Waals surface area contributed by atoms with Crippen molar-refractivity contribution in [3.05, 3.63) is 247 Å². The summed E-state index contributed by atoms with van der Waals surface area (Å²) >= 11 is 0. The van der Waals surface area contributed by atoms with Crippen LogP contribution in [0.25, 0.3) is 60.9 Å². The Kier molecular flexibility index (Phi) is 8.88. The number of para-hydroxylation sites is 4. The Hall–Kier alpha value is -8.34. The fourth-order valence-electron chi connectivity index (χ4n) is 11.5. The molecule has 0 saturated heterocycles. The van der Waals surface area contributed by atoms with Crippen molar-refractivity contribution in [2.45, 2.75) is 38.5 Å². The largest absolute Gasteiger partial charge is 0.423 e. The number of benzene rings is 9. The van der Waals surface area contributed by atoms with Crippen LogP contribution in [0.15, 0.2) is 229 Å². The first-order valence-electron chi connectivity index (χ1n) is 23.7. The summed E-state index contributed by atoms with van der Waals surface area (Å²) in [5, 5.41) is 2.38. The summed E-state index contributed by atoms with van der Waals surface area (Å²) in [6.45, 7) is 9.38. The number of rotatable bonds is 8. The van der Waals surface area contributed by atoms with Gasteiger partial charge in [0.05, 0.1) is 11.0 Å². The average Bonchev–Trinajstić information content (AvgIpc) is 4.08. The van der Waals surface area contributed by atoms with Crippen molar-refractivity contribution >= 4 is 56.3 Å². The van der Waals surface area contributed by atoms with Crippen molar-refractivity contribution in [2.75, 3.05) is 9.80 Å². The fourth-order valence-corrected chi connectivity index (χ4v) is 11.5. The molecule has 326 valence electrons. The van der Waals surface area contributed by atoms with Gasteiger partial charge in [-0.3, -0.25) is 9.80 Å². The van der Waals surface area contributed by atoms with Gasteiger partial charge in [0, 0.05) is 61.7 Å². The van der Waals surface area contributed by atoms with E-state index in [0.29, 0.717) is 0 Å². The van der Waals surface area contributed by atoms with Gasteiger partial charge in [-0.25, -0.2) is 0 Å². The first-order chi connectivity index (χ1) is 33.3. The molecule has 0 unspecified atom stereocenters. The van der Waals surface area contributed by atoms with Crippen LogP contribution < -0.4 is 9.80 Å². The predicted molar refractivity (Wildman–Crippen MR) is 283 cm³/mol. The summed E-state index contributed by atoms with van der Waals surface area (Å²) in [5.41, 5.74) is 19.7. The van der Waals surface area contributed by atoms with E-state index in [1.807, 2.05) is 0 Å². The minimum absolute atomic E-state index is 0.177. The molecule has 9 aromatic carbocycles. The van der Waals surface area contributed by atoms with E-state index in [0.717, 1.165) is 56.8 Å². The summed E-state index contributed by atoms with van der Waals surface area (Å²) < 4.78 is 9.97. The molecule has 0 bridgehead atoms. The Morgan fingerprint density at radius 2 is 0.838 bits per heavy atom. The molecule has 0 radical (unpaired) electrons. The van der Waals surface area contributed by atoms with Crippen LogP contribution >= 0.6 is 0 Å². The van der Waals surface area contributed by atoms with Crippen LogP contribution in [0.3, 0.4) is 0 Å². The van der Waals surface area contributed by atoms with Crippen molar-refractivity contribution in [1.82, 2.24) is 4.57 Å².